The van der Waals surface area contributed by atoms with Crippen LogP contribution < -0.4 is 9.64 Å². The molecule has 2 heteroatoms. The fourth-order valence-electron chi connectivity index (χ4n) is 3.17. The highest BCUT2D eigenvalue weighted by molar-refractivity contribution is 5.49. The Labute approximate surface area is 190 Å². The molecule has 1 atom stereocenters. The maximum absolute atomic E-state index is 5.00. The van der Waals surface area contributed by atoms with Crippen LogP contribution in [0.4, 0.5) is 5.69 Å². The number of methoxy groups -OCH3 is 1. The molecule has 0 heterocycles. The van der Waals surface area contributed by atoms with Gasteiger partial charge in [-0.05, 0) is 65.8 Å². The van der Waals surface area contributed by atoms with Gasteiger partial charge in [-0.2, -0.15) is 0 Å². The average Bonchev–Trinajstić information content (AvgIpc) is 2.81. The lowest BCUT2D eigenvalue weighted by molar-refractivity contribution is 0.414. The van der Waals surface area contributed by atoms with E-state index in [4.69, 9.17) is 4.74 Å². The summed E-state index contributed by atoms with van der Waals surface area (Å²) in [6, 6.07) is 25.4. The van der Waals surface area contributed by atoms with Crippen LogP contribution in [0.15, 0.2) is 79.4 Å². The molecular formula is C29H39NO. The minimum absolute atomic E-state index is 0.507. The van der Waals surface area contributed by atoms with E-state index >= 15 is 0 Å². The standard InChI is InChI=1S/C19H23N.C8H10O.C2H6/c1-5-16-8-6-10-18(13-16)15(2)12-17-9-7-11-19(14-17)20(3)4;1-7-4-3-5-8(6-7)9-2;1-2/h5-11,13-15H,1,12H2,2-4H3;3-6H,1-2H3;1-2H3. The van der Waals surface area contributed by atoms with Gasteiger partial charge in [0.2, 0.25) is 0 Å². The predicted molar refractivity (Wildman–Crippen MR) is 138 cm³/mol. The summed E-state index contributed by atoms with van der Waals surface area (Å²) in [6.07, 6.45) is 2.96. The third-order valence-electron chi connectivity index (χ3n) is 4.91. The second-order valence-corrected chi connectivity index (χ2v) is 7.56. The van der Waals surface area contributed by atoms with Gasteiger partial charge >= 0.3 is 0 Å². The van der Waals surface area contributed by atoms with Gasteiger partial charge < -0.3 is 9.64 Å². The van der Waals surface area contributed by atoms with Crippen molar-refractivity contribution in [1.29, 1.82) is 0 Å². The Kier molecular flexibility index (Phi) is 11.8. The van der Waals surface area contributed by atoms with Crippen molar-refractivity contribution in [3.8, 4) is 5.75 Å². The van der Waals surface area contributed by atoms with Crippen LogP contribution in [0, 0.1) is 6.92 Å². The van der Waals surface area contributed by atoms with Gasteiger partial charge in [-0.1, -0.05) is 82.0 Å². The molecule has 3 aromatic carbocycles. The Morgan fingerprint density at radius 2 is 1.61 bits per heavy atom. The zero-order chi connectivity index (χ0) is 23.2. The summed E-state index contributed by atoms with van der Waals surface area (Å²) in [7, 11) is 5.83. The summed E-state index contributed by atoms with van der Waals surface area (Å²) in [5.41, 5.74) is 6.44. The normalized spacial score (nSPS) is 10.5. The van der Waals surface area contributed by atoms with E-state index in [1.54, 1.807) is 7.11 Å². The Bertz CT molecular complexity index is 914. The topological polar surface area (TPSA) is 12.5 Å². The van der Waals surface area contributed by atoms with Gasteiger partial charge in [0.1, 0.15) is 5.75 Å². The van der Waals surface area contributed by atoms with Gasteiger partial charge in [-0.15, -0.1) is 0 Å². The lowest BCUT2D eigenvalue weighted by atomic mass is 9.92. The molecular weight excluding hydrogens is 378 g/mol. The number of benzene rings is 3. The van der Waals surface area contributed by atoms with Crippen LogP contribution in [-0.2, 0) is 6.42 Å². The van der Waals surface area contributed by atoms with Crippen molar-refractivity contribution in [3.63, 3.8) is 0 Å². The highest BCUT2D eigenvalue weighted by Gasteiger charge is 2.08. The molecule has 0 spiro atoms. The first-order valence-corrected chi connectivity index (χ1v) is 11.0. The SMILES string of the molecule is C=Cc1cccc(C(C)Cc2cccc(N(C)C)c2)c1.CC.COc1cccc(C)c1. The third-order valence-corrected chi connectivity index (χ3v) is 4.91. The van der Waals surface area contributed by atoms with Crippen LogP contribution >= 0.6 is 0 Å². The Hall–Kier alpha value is -3.00. The first-order valence-electron chi connectivity index (χ1n) is 11.0. The monoisotopic (exact) mass is 417 g/mol. The largest absolute Gasteiger partial charge is 0.497 e. The molecule has 3 aromatic rings. The first kappa shape index (κ1) is 26.0. The highest BCUT2D eigenvalue weighted by atomic mass is 16.5. The minimum Gasteiger partial charge on any atom is -0.497 e. The molecule has 0 aliphatic carbocycles. The second kappa shape index (κ2) is 14.1. The van der Waals surface area contributed by atoms with E-state index in [1.165, 1.54) is 27.9 Å². The molecule has 0 amide bonds. The number of rotatable bonds is 6. The fraction of sp³-hybridized carbons (Fsp3) is 0.310. The smallest absolute Gasteiger partial charge is 0.119 e. The number of hydrogen-bond donors (Lipinski definition) is 0. The second-order valence-electron chi connectivity index (χ2n) is 7.56. The zero-order valence-corrected chi connectivity index (χ0v) is 20.4. The van der Waals surface area contributed by atoms with Crippen molar-refractivity contribution in [2.24, 2.45) is 0 Å². The molecule has 0 saturated heterocycles. The predicted octanol–water partition coefficient (Wildman–Crippen LogP) is 7.77. The molecule has 0 N–H and O–H groups in total. The van der Waals surface area contributed by atoms with Crippen LogP contribution in [0.25, 0.3) is 6.08 Å². The van der Waals surface area contributed by atoms with Crippen molar-refractivity contribution < 1.29 is 4.74 Å². The van der Waals surface area contributed by atoms with Gasteiger partial charge in [0.15, 0.2) is 0 Å². The van der Waals surface area contributed by atoms with Crippen LogP contribution in [-0.4, -0.2) is 21.2 Å². The van der Waals surface area contributed by atoms with Crippen LogP contribution in [0.2, 0.25) is 0 Å². The molecule has 3 rings (SSSR count). The molecule has 0 radical (unpaired) electrons. The maximum Gasteiger partial charge on any atom is 0.119 e. The van der Waals surface area contributed by atoms with Crippen molar-refractivity contribution in [2.75, 3.05) is 26.1 Å². The van der Waals surface area contributed by atoms with Crippen molar-refractivity contribution in [3.05, 3.63) is 102 Å². The third kappa shape index (κ3) is 9.13. The van der Waals surface area contributed by atoms with Crippen molar-refractivity contribution >= 4 is 11.8 Å². The Balaban J connectivity index is 0.000000365. The number of ether oxygens (including phenoxy) is 1. The molecule has 2 nitrogen and oxygen atoms in total. The molecule has 0 aliphatic heterocycles. The van der Waals surface area contributed by atoms with Crippen LogP contribution in [0.3, 0.4) is 0 Å². The summed E-state index contributed by atoms with van der Waals surface area (Å²) < 4.78 is 5.00. The van der Waals surface area contributed by atoms with Crippen molar-refractivity contribution in [1.82, 2.24) is 0 Å². The summed E-state index contributed by atoms with van der Waals surface area (Å²) >= 11 is 0. The van der Waals surface area contributed by atoms with Gasteiger partial charge in [0.05, 0.1) is 7.11 Å². The van der Waals surface area contributed by atoms with Gasteiger partial charge in [-0.3, -0.25) is 0 Å². The highest BCUT2D eigenvalue weighted by Crippen LogP contribution is 2.23. The van der Waals surface area contributed by atoms with E-state index in [0.717, 1.165) is 12.2 Å². The molecule has 0 aromatic heterocycles. The lowest BCUT2D eigenvalue weighted by Gasteiger charge is -2.16. The summed E-state index contributed by atoms with van der Waals surface area (Å²) in [5, 5.41) is 0. The van der Waals surface area contributed by atoms with Crippen LogP contribution in [0.5, 0.6) is 5.75 Å². The average molecular weight is 418 g/mol. The van der Waals surface area contributed by atoms with Gasteiger partial charge in [0.25, 0.3) is 0 Å². The molecule has 0 bridgehead atoms. The molecule has 0 aliphatic rings. The molecule has 31 heavy (non-hydrogen) atoms. The van der Waals surface area contributed by atoms with E-state index in [-0.39, 0.29) is 0 Å². The zero-order valence-electron chi connectivity index (χ0n) is 20.4. The Morgan fingerprint density at radius 1 is 0.935 bits per heavy atom. The number of aryl methyl sites for hydroxylation is 1. The molecule has 0 saturated carbocycles. The lowest BCUT2D eigenvalue weighted by Crippen LogP contribution is -2.09. The van der Waals surface area contributed by atoms with E-state index in [0.29, 0.717) is 5.92 Å². The quantitative estimate of drug-likeness (QED) is 0.406. The van der Waals surface area contributed by atoms with E-state index in [2.05, 4.69) is 81.0 Å². The molecule has 166 valence electrons. The first-order chi connectivity index (χ1) is 14.9. The summed E-state index contributed by atoms with van der Waals surface area (Å²) in [4.78, 5) is 2.15. The Morgan fingerprint density at radius 3 is 2.19 bits per heavy atom. The van der Waals surface area contributed by atoms with Gasteiger partial charge in [0, 0.05) is 19.8 Å². The molecule has 0 fully saturated rings. The number of nitrogens with zero attached hydrogens (tertiary/aromatic N) is 1. The molecule has 1 unspecified atom stereocenters. The van der Waals surface area contributed by atoms with E-state index < -0.39 is 0 Å². The number of hydrogen-bond acceptors (Lipinski definition) is 2. The summed E-state index contributed by atoms with van der Waals surface area (Å²) in [5.74, 6) is 1.43. The number of anilines is 1. The summed E-state index contributed by atoms with van der Waals surface area (Å²) in [6.45, 7) is 12.2. The minimum atomic E-state index is 0.507. The maximum atomic E-state index is 5.00. The van der Waals surface area contributed by atoms with E-state index in [1.807, 2.05) is 51.1 Å². The fourth-order valence-corrected chi connectivity index (χ4v) is 3.17. The van der Waals surface area contributed by atoms with Gasteiger partial charge in [-0.25, -0.2) is 0 Å². The van der Waals surface area contributed by atoms with Crippen molar-refractivity contribution in [2.45, 2.75) is 40.0 Å². The van der Waals surface area contributed by atoms with E-state index in [9.17, 15) is 0 Å². The van der Waals surface area contributed by atoms with Crippen LogP contribution in [0.1, 0.15) is 48.9 Å².